The maximum Gasteiger partial charge on any atom is 0.211 e. The van der Waals surface area contributed by atoms with Crippen LogP contribution in [-0.2, 0) is 6.54 Å². The molecule has 3 aromatic rings. The van der Waals surface area contributed by atoms with E-state index in [4.69, 9.17) is 4.98 Å². The number of hydrogen-bond donors (Lipinski definition) is 1. The van der Waals surface area contributed by atoms with Gasteiger partial charge in [0.1, 0.15) is 5.52 Å². The van der Waals surface area contributed by atoms with Gasteiger partial charge < -0.3 is 9.47 Å². The van der Waals surface area contributed by atoms with Crippen molar-refractivity contribution in [2.75, 3.05) is 25.4 Å². The van der Waals surface area contributed by atoms with Crippen molar-refractivity contribution in [3.05, 3.63) is 36.9 Å². The molecule has 6 heteroatoms. The number of piperidine rings is 1. The number of quaternary nitrogens is 1. The summed E-state index contributed by atoms with van der Waals surface area (Å²) in [7, 11) is 0. The first-order valence-corrected chi connectivity index (χ1v) is 10.0. The number of hydrogen-bond acceptors (Lipinski definition) is 4. The number of aromatic nitrogens is 4. The van der Waals surface area contributed by atoms with Gasteiger partial charge in [-0.05, 0) is 25.3 Å². The summed E-state index contributed by atoms with van der Waals surface area (Å²) in [4.78, 5) is 6.53. The minimum absolute atomic E-state index is 0.727. The van der Waals surface area contributed by atoms with Crippen LogP contribution in [-0.4, -0.2) is 45.1 Å². The van der Waals surface area contributed by atoms with Gasteiger partial charge in [0, 0.05) is 11.9 Å². The predicted octanol–water partition coefficient (Wildman–Crippen LogP) is 2.33. The standard InChI is InChI=1S/C19H23N5S/c1-2-10-24-16-9-5-4-8-15(16)17-18(24)20-19(22-21-17)25-14-13-23-11-6-3-7-12-23/h2,4-5,8-9H,1,3,6-7,10-14H2/p+1. The van der Waals surface area contributed by atoms with Gasteiger partial charge in [-0.15, -0.1) is 16.8 Å². The molecule has 0 bridgehead atoms. The minimum Gasteiger partial charge on any atom is -0.334 e. The molecule has 0 atom stereocenters. The lowest BCUT2D eigenvalue weighted by atomic mass is 10.1. The molecule has 4 rings (SSSR count). The lowest BCUT2D eigenvalue weighted by Gasteiger charge is -2.22. The van der Waals surface area contributed by atoms with Crippen molar-refractivity contribution in [2.24, 2.45) is 0 Å². The van der Waals surface area contributed by atoms with Gasteiger partial charge in [-0.3, -0.25) is 0 Å². The number of rotatable bonds is 6. The SMILES string of the molecule is C=CCn1c2ccccc2c2nnc(SCC[NH+]3CCCCC3)nc21. The second-order valence-corrected chi connectivity index (χ2v) is 7.65. The van der Waals surface area contributed by atoms with Crippen LogP contribution in [0.5, 0.6) is 0 Å². The van der Waals surface area contributed by atoms with E-state index in [1.807, 2.05) is 18.2 Å². The van der Waals surface area contributed by atoms with Gasteiger partial charge in [-0.1, -0.05) is 36.0 Å². The third-order valence-corrected chi connectivity index (χ3v) is 5.75. The number of nitrogens with one attached hydrogen (secondary N) is 1. The van der Waals surface area contributed by atoms with E-state index in [9.17, 15) is 0 Å². The maximum absolute atomic E-state index is 4.81. The van der Waals surface area contributed by atoms with Gasteiger partial charge in [0.25, 0.3) is 0 Å². The Morgan fingerprint density at radius 2 is 2.00 bits per heavy atom. The molecule has 0 radical (unpaired) electrons. The highest BCUT2D eigenvalue weighted by molar-refractivity contribution is 7.99. The van der Waals surface area contributed by atoms with Gasteiger partial charge in [0.05, 0.1) is 30.9 Å². The van der Waals surface area contributed by atoms with E-state index in [-0.39, 0.29) is 0 Å². The average molecular weight is 355 g/mol. The second kappa shape index (κ2) is 7.54. The molecule has 25 heavy (non-hydrogen) atoms. The summed E-state index contributed by atoms with van der Waals surface area (Å²) in [5.74, 6) is 1.05. The van der Waals surface area contributed by atoms with Gasteiger partial charge in [-0.2, -0.15) is 0 Å². The number of para-hydroxylation sites is 1. The molecule has 0 unspecified atom stereocenters. The molecule has 2 aromatic heterocycles. The molecule has 0 spiro atoms. The number of thioether (sulfide) groups is 1. The first-order valence-electron chi connectivity index (χ1n) is 9.06. The Labute approximate surface area is 152 Å². The number of likely N-dealkylation sites (tertiary alicyclic amines) is 1. The van der Waals surface area contributed by atoms with E-state index in [0.717, 1.165) is 39.5 Å². The summed E-state index contributed by atoms with van der Waals surface area (Å²) in [6.45, 7) is 8.41. The number of fused-ring (bicyclic) bond motifs is 3. The van der Waals surface area contributed by atoms with Gasteiger partial charge in [0.2, 0.25) is 5.16 Å². The van der Waals surface area contributed by atoms with Crippen molar-refractivity contribution >= 4 is 33.8 Å². The Morgan fingerprint density at radius 3 is 2.84 bits per heavy atom. The molecular formula is C19H24N5S+. The van der Waals surface area contributed by atoms with E-state index >= 15 is 0 Å². The number of nitrogens with zero attached hydrogens (tertiary/aromatic N) is 4. The van der Waals surface area contributed by atoms with E-state index in [0.29, 0.717) is 0 Å². The van der Waals surface area contributed by atoms with E-state index < -0.39 is 0 Å². The van der Waals surface area contributed by atoms with Crippen molar-refractivity contribution in [2.45, 2.75) is 31.0 Å². The normalized spacial score (nSPS) is 15.8. The molecule has 3 heterocycles. The number of allylic oxidation sites excluding steroid dienone is 1. The van der Waals surface area contributed by atoms with Crippen molar-refractivity contribution < 1.29 is 4.90 Å². The van der Waals surface area contributed by atoms with Crippen molar-refractivity contribution in [1.29, 1.82) is 0 Å². The van der Waals surface area contributed by atoms with E-state index in [1.165, 1.54) is 38.9 Å². The molecule has 0 amide bonds. The number of benzene rings is 1. The summed E-state index contributed by atoms with van der Waals surface area (Å²) in [5.41, 5.74) is 2.92. The monoisotopic (exact) mass is 354 g/mol. The van der Waals surface area contributed by atoms with Gasteiger partial charge >= 0.3 is 0 Å². The molecule has 1 fully saturated rings. The van der Waals surface area contributed by atoms with Crippen LogP contribution in [0.3, 0.4) is 0 Å². The summed E-state index contributed by atoms with van der Waals surface area (Å²) in [5, 5.41) is 10.7. The van der Waals surface area contributed by atoms with Crippen LogP contribution in [0.15, 0.2) is 42.1 Å². The summed E-state index contributed by atoms with van der Waals surface area (Å²) >= 11 is 1.72. The molecule has 1 N–H and O–H groups in total. The Kier molecular flexibility index (Phi) is 4.99. The molecule has 0 saturated carbocycles. The Balaban J connectivity index is 1.57. The highest BCUT2D eigenvalue weighted by Crippen LogP contribution is 2.26. The zero-order valence-electron chi connectivity index (χ0n) is 14.4. The molecule has 1 aromatic carbocycles. The predicted molar refractivity (Wildman–Crippen MR) is 103 cm³/mol. The average Bonchev–Trinajstić information content (AvgIpc) is 2.97. The topological polar surface area (TPSA) is 48.0 Å². The van der Waals surface area contributed by atoms with Crippen LogP contribution in [0.1, 0.15) is 19.3 Å². The first kappa shape index (κ1) is 16.5. The Bertz CT molecular complexity index is 882. The molecule has 1 saturated heterocycles. The fourth-order valence-corrected chi connectivity index (χ4v) is 4.48. The molecule has 1 aliphatic heterocycles. The molecule has 130 valence electrons. The van der Waals surface area contributed by atoms with Gasteiger partial charge in [0.15, 0.2) is 5.65 Å². The Morgan fingerprint density at radius 1 is 1.16 bits per heavy atom. The van der Waals surface area contributed by atoms with Crippen LogP contribution < -0.4 is 4.90 Å². The van der Waals surface area contributed by atoms with Crippen molar-refractivity contribution in [3.8, 4) is 0 Å². The quantitative estimate of drug-likeness (QED) is 0.545. The van der Waals surface area contributed by atoms with Crippen LogP contribution in [0.2, 0.25) is 0 Å². The van der Waals surface area contributed by atoms with Crippen molar-refractivity contribution in [1.82, 2.24) is 19.7 Å². The third-order valence-electron chi connectivity index (χ3n) is 4.91. The molecule has 1 aliphatic rings. The molecule has 0 aliphatic carbocycles. The lowest BCUT2D eigenvalue weighted by Crippen LogP contribution is -3.13. The zero-order chi connectivity index (χ0) is 17.1. The van der Waals surface area contributed by atoms with Crippen LogP contribution in [0.4, 0.5) is 0 Å². The second-order valence-electron chi connectivity index (χ2n) is 6.59. The first-order chi connectivity index (χ1) is 12.4. The van der Waals surface area contributed by atoms with Crippen LogP contribution in [0, 0.1) is 0 Å². The van der Waals surface area contributed by atoms with E-state index in [1.54, 1.807) is 16.7 Å². The smallest absolute Gasteiger partial charge is 0.211 e. The van der Waals surface area contributed by atoms with E-state index in [2.05, 4.69) is 33.5 Å². The third kappa shape index (κ3) is 3.41. The highest BCUT2D eigenvalue weighted by atomic mass is 32.2. The van der Waals surface area contributed by atoms with Crippen LogP contribution in [0.25, 0.3) is 22.1 Å². The Hall–Kier alpha value is -1.92. The largest absolute Gasteiger partial charge is 0.334 e. The fraction of sp³-hybridized carbons (Fsp3) is 0.421. The molecule has 5 nitrogen and oxygen atoms in total. The highest BCUT2D eigenvalue weighted by Gasteiger charge is 2.16. The summed E-state index contributed by atoms with van der Waals surface area (Å²) < 4.78 is 2.17. The van der Waals surface area contributed by atoms with Gasteiger partial charge in [-0.25, -0.2) is 4.98 Å². The minimum atomic E-state index is 0.727. The zero-order valence-corrected chi connectivity index (χ0v) is 15.3. The lowest BCUT2D eigenvalue weighted by molar-refractivity contribution is -0.902. The fourth-order valence-electron chi connectivity index (χ4n) is 3.65. The van der Waals surface area contributed by atoms with Crippen LogP contribution >= 0.6 is 11.8 Å². The van der Waals surface area contributed by atoms with Crippen molar-refractivity contribution in [3.63, 3.8) is 0 Å². The molecular weight excluding hydrogens is 330 g/mol. The maximum atomic E-state index is 4.81. The summed E-state index contributed by atoms with van der Waals surface area (Å²) in [6, 6.07) is 8.27. The summed E-state index contributed by atoms with van der Waals surface area (Å²) in [6.07, 6.45) is 6.03.